The second kappa shape index (κ2) is 16.9. The van der Waals surface area contributed by atoms with Gasteiger partial charge in [-0.05, 0) is 66.9 Å². The predicted octanol–water partition coefficient (Wildman–Crippen LogP) is 4.93. The molecule has 2 unspecified atom stereocenters. The molecule has 0 fully saturated rings. The summed E-state index contributed by atoms with van der Waals surface area (Å²) in [5.41, 5.74) is 4.93. The number of hydrogen-bond acceptors (Lipinski definition) is 7. The zero-order valence-electron chi connectivity index (χ0n) is 29.4. The highest BCUT2D eigenvalue weighted by molar-refractivity contribution is 6.01. The van der Waals surface area contributed by atoms with Crippen molar-refractivity contribution in [2.75, 3.05) is 44.7 Å². The summed E-state index contributed by atoms with van der Waals surface area (Å²) >= 11 is 0. The molecule has 0 saturated heterocycles. The van der Waals surface area contributed by atoms with E-state index in [0.29, 0.717) is 23.7 Å². The highest BCUT2D eigenvalue weighted by Gasteiger charge is 2.46. The molecule has 2 atom stereocenters. The number of carbonyl (C=O) groups is 5. The highest BCUT2D eigenvalue weighted by Crippen LogP contribution is 2.46. The second-order valence-corrected chi connectivity index (χ2v) is 12.4. The van der Waals surface area contributed by atoms with Crippen LogP contribution in [0, 0.1) is 6.92 Å². The van der Waals surface area contributed by atoms with Crippen molar-refractivity contribution in [3.8, 4) is 0 Å². The largest absolute Gasteiger partial charge is 0.452 e. The van der Waals surface area contributed by atoms with Gasteiger partial charge in [0, 0.05) is 43.9 Å². The monoisotopic (exact) mass is 764 g/mol. The number of carbonyl (C=O) groups excluding carboxylic acids is 5. The van der Waals surface area contributed by atoms with Gasteiger partial charge in [-0.25, -0.2) is 15.2 Å². The molecule has 18 heteroatoms. The fourth-order valence-electron chi connectivity index (χ4n) is 6.21. The number of amides is 5. The average molecular weight is 765 g/mol. The van der Waals surface area contributed by atoms with Gasteiger partial charge in [-0.3, -0.25) is 19.2 Å². The summed E-state index contributed by atoms with van der Waals surface area (Å²) in [5, 5.41) is 3.23. The van der Waals surface area contributed by atoms with Crippen LogP contribution in [0.5, 0.6) is 0 Å². The summed E-state index contributed by atoms with van der Waals surface area (Å²) in [6.07, 6.45) is -12.4. The van der Waals surface area contributed by atoms with Crippen LogP contribution >= 0.6 is 0 Å². The number of methoxy groups -OCH3 is 1. The Kier molecular flexibility index (Phi) is 12.8. The molecule has 1 aliphatic rings. The van der Waals surface area contributed by atoms with E-state index in [1.54, 1.807) is 0 Å². The lowest BCUT2D eigenvalue weighted by molar-refractivity contribution is -0.143. The fourth-order valence-corrected chi connectivity index (χ4v) is 6.21. The first-order valence-electron chi connectivity index (χ1n) is 16.6. The molecule has 1 heterocycles. The molecular weight excluding hydrogens is 726 g/mol. The molecule has 5 amide bonds. The molecule has 290 valence electrons. The Hall–Kier alpha value is -5.81. The average Bonchev–Trinajstić information content (AvgIpc) is 3.11. The normalized spacial score (nSPS) is 15.6. The SMILES string of the molecule is CCN(CCNC(=O)C1c2ccccc2C(=O)N(CCC(=O)N(CC(N)=O)NC(=O)OC)C1c1cc(C(F)(F)F)cc(C(F)(F)F)c1)c1cccc(C)c1. The summed E-state index contributed by atoms with van der Waals surface area (Å²) in [7, 11) is 0.967. The number of hydrazine groups is 1. The highest BCUT2D eigenvalue weighted by atomic mass is 19.4. The summed E-state index contributed by atoms with van der Waals surface area (Å²) in [5.74, 6) is -5.38. The Morgan fingerprint density at radius 3 is 2.15 bits per heavy atom. The van der Waals surface area contributed by atoms with Gasteiger partial charge in [-0.2, -0.15) is 26.3 Å². The molecule has 0 aliphatic carbocycles. The summed E-state index contributed by atoms with van der Waals surface area (Å²) < 4.78 is 89.2. The van der Waals surface area contributed by atoms with Gasteiger partial charge in [-0.1, -0.05) is 30.3 Å². The number of aryl methyl sites for hydroxylation is 1. The molecule has 1 aliphatic heterocycles. The van der Waals surface area contributed by atoms with Crippen molar-refractivity contribution in [3.63, 3.8) is 0 Å². The zero-order valence-corrected chi connectivity index (χ0v) is 29.4. The maximum absolute atomic E-state index is 14.2. The summed E-state index contributed by atoms with van der Waals surface area (Å²) in [6.45, 7) is 3.06. The number of nitrogens with two attached hydrogens (primary N) is 1. The van der Waals surface area contributed by atoms with Crippen molar-refractivity contribution in [1.29, 1.82) is 0 Å². The number of primary amides is 1. The Labute approximate surface area is 306 Å². The number of alkyl halides is 6. The molecule has 0 spiro atoms. The molecule has 4 N–H and O–H groups in total. The summed E-state index contributed by atoms with van der Waals surface area (Å²) in [6, 6.07) is 12.2. The van der Waals surface area contributed by atoms with E-state index < -0.39 is 90.2 Å². The van der Waals surface area contributed by atoms with Gasteiger partial charge >= 0.3 is 18.4 Å². The first kappa shape index (κ1) is 41.0. The number of anilines is 1. The van der Waals surface area contributed by atoms with E-state index in [1.807, 2.05) is 48.4 Å². The minimum absolute atomic E-state index is 0.00387. The van der Waals surface area contributed by atoms with Crippen LogP contribution in [0.15, 0.2) is 66.7 Å². The van der Waals surface area contributed by atoms with E-state index in [0.717, 1.165) is 23.3 Å². The van der Waals surface area contributed by atoms with E-state index in [9.17, 15) is 50.3 Å². The quantitative estimate of drug-likeness (QED) is 0.175. The first-order valence-corrected chi connectivity index (χ1v) is 16.6. The molecule has 0 aromatic heterocycles. The number of benzene rings is 3. The standard InChI is InChI=1S/C36H38F6N6O6/c1-4-46(25-9-7-8-21(2)16-25)15-13-44-32(51)30-26-10-5-6-11-27(26)33(52)47(14-12-29(50)48(20-28(43)49)45-34(53)54-3)31(30)22-17-23(35(37,38)39)19-24(18-22)36(40,41)42/h5-11,16-19,30-31H,4,12-15,20H2,1-3H3,(H2,43,49)(H,44,51)(H,45,53). The lowest BCUT2D eigenvalue weighted by atomic mass is 9.78. The topological polar surface area (TPSA) is 154 Å². The molecular formula is C36H38F6N6O6. The van der Waals surface area contributed by atoms with Crippen LogP contribution < -0.4 is 21.4 Å². The fraction of sp³-hybridized carbons (Fsp3) is 0.361. The number of likely N-dealkylation sites (N-methyl/N-ethyl adjacent to an activating group) is 1. The third-order valence-corrected chi connectivity index (χ3v) is 8.70. The lowest BCUT2D eigenvalue weighted by Gasteiger charge is -2.42. The Morgan fingerprint density at radius 2 is 1.57 bits per heavy atom. The lowest BCUT2D eigenvalue weighted by Crippen LogP contribution is -2.52. The van der Waals surface area contributed by atoms with Crippen molar-refractivity contribution >= 4 is 35.4 Å². The number of ether oxygens (including phenoxy) is 1. The van der Waals surface area contributed by atoms with Gasteiger partial charge in [0.1, 0.15) is 6.54 Å². The van der Waals surface area contributed by atoms with E-state index in [2.05, 4.69) is 10.1 Å². The second-order valence-electron chi connectivity index (χ2n) is 12.4. The van der Waals surface area contributed by atoms with E-state index >= 15 is 0 Å². The molecule has 12 nitrogen and oxygen atoms in total. The van der Waals surface area contributed by atoms with Crippen molar-refractivity contribution in [1.82, 2.24) is 20.7 Å². The van der Waals surface area contributed by atoms with Crippen molar-refractivity contribution in [3.05, 3.63) is 100 Å². The minimum atomic E-state index is -5.26. The van der Waals surface area contributed by atoms with Crippen molar-refractivity contribution in [2.45, 2.75) is 44.6 Å². The third-order valence-electron chi connectivity index (χ3n) is 8.70. The number of hydrogen-bond donors (Lipinski definition) is 3. The molecule has 4 rings (SSSR count). The van der Waals surface area contributed by atoms with Gasteiger partial charge in [0.05, 0.1) is 30.2 Å². The van der Waals surface area contributed by atoms with Crippen LogP contribution in [-0.4, -0.2) is 79.5 Å². The first-order chi connectivity index (χ1) is 25.3. The Bertz CT molecular complexity index is 1850. The molecule has 3 aromatic rings. The number of rotatable bonds is 12. The van der Waals surface area contributed by atoms with E-state index in [4.69, 9.17) is 5.73 Å². The minimum Gasteiger partial charge on any atom is -0.452 e. The molecule has 3 aromatic carbocycles. The van der Waals surface area contributed by atoms with E-state index in [1.165, 1.54) is 24.3 Å². The number of nitrogens with one attached hydrogen (secondary N) is 2. The van der Waals surface area contributed by atoms with E-state index in [-0.39, 0.29) is 30.3 Å². The third kappa shape index (κ3) is 9.78. The Balaban J connectivity index is 1.81. The van der Waals surface area contributed by atoms with Gasteiger partial charge in [-0.15, -0.1) is 0 Å². The number of nitrogens with zero attached hydrogens (tertiary/aromatic N) is 3. The van der Waals surface area contributed by atoms with Crippen LogP contribution in [0.4, 0.5) is 36.8 Å². The van der Waals surface area contributed by atoms with Gasteiger partial charge in [0.25, 0.3) is 5.91 Å². The van der Waals surface area contributed by atoms with Crippen molar-refractivity contribution < 1.29 is 55.1 Å². The van der Waals surface area contributed by atoms with Crippen LogP contribution in [0.25, 0.3) is 0 Å². The van der Waals surface area contributed by atoms with Gasteiger partial charge in [0.2, 0.25) is 17.7 Å². The zero-order chi connectivity index (χ0) is 40.0. The maximum atomic E-state index is 14.2. The smallest absolute Gasteiger partial charge is 0.425 e. The van der Waals surface area contributed by atoms with Gasteiger partial charge in [0.15, 0.2) is 0 Å². The summed E-state index contributed by atoms with van der Waals surface area (Å²) in [4.78, 5) is 67.9. The van der Waals surface area contributed by atoms with Gasteiger partial charge < -0.3 is 25.6 Å². The molecule has 0 radical (unpaired) electrons. The van der Waals surface area contributed by atoms with Crippen LogP contribution in [0.1, 0.15) is 63.5 Å². The van der Waals surface area contributed by atoms with Crippen LogP contribution in [-0.2, 0) is 31.5 Å². The van der Waals surface area contributed by atoms with Crippen molar-refractivity contribution in [2.24, 2.45) is 5.73 Å². The molecule has 0 bridgehead atoms. The molecule has 54 heavy (non-hydrogen) atoms. The maximum Gasteiger partial charge on any atom is 0.425 e. The van der Waals surface area contributed by atoms with Crippen LogP contribution in [0.2, 0.25) is 0 Å². The number of fused-ring (bicyclic) bond motifs is 1. The van der Waals surface area contributed by atoms with Crippen LogP contribution in [0.3, 0.4) is 0 Å². The predicted molar refractivity (Wildman–Crippen MR) is 183 cm³/mol. The molecule has 0 saturated carbocycles. The number of halogens is 6. The Morgan fingerprint density at radius 1 is 0.926 bits per heavy atom.